The van der Waals surface area contributed by atoms with Gasteiger partial charge in [0.05, 0.1) is 23.8 Å². The number of ether oxygens (including phenoxy) is 1. The molecule has 0 spiro atoms. The number of hydrogen-bond donors (Lipinski definition) is 2. The smallest absolute Gasteiger partial charge is 0.261 e. The van der Waals surface area contributed by atoms with Crippen molar-refractivity contribution in [2.45, 2.75) is 0 Å². The maximum Gasteiger partial charge on any atom is 0.261 e. The van der Waals surface area contributed by atoms with Crippen molar-refractivity contribution >= 4 is 39.3 Å². The molecule has 0 unspecified atom stereocenters. The summed E-state index contributed by atoms with van der Waals surface area (Å²) in [6, 6.07) is 32.0. The third kappa shape index (κ3) is 4.46. The molecule has 0 aliphatic heterocycles. The SMILES string of the molecule is COc1cccc2cc(C(=O)Nc3ccc(-c4nc5ccccc5[nH]4)cc3)c(=Nc3ccccc3)oc12. The van der Waals surface area contributed by atoms with Crippen LogP contribution in [0.2, 0.25) is 0 Å². The molecule has 7 heteroatoms. The standard InChI is InChI=1S/C30H22N4O3/c1-36-26-13-7-8-20-18-23(30(37-27(20)26)32-21-9-3-2-4-10-21)29(35)31-22-16-14-19(15-17-22)28-33-24-11-5-6-12-25(24)34-28/h2-18H,1H3,(H,31,35)(H,33,34). The zero-order chi connectivity index (χ0) is 25.2. The molecule has 0 saturated heterocycles. The van der Waals surface area contributed by atoms with Crippen LogP contribution in [0.25, 0.3) is 33.4 Å². The fourth-order valence-corrected chi connectivity index (χ4v) is 4.15. The van der Waals surface area contributed by atoms with Crippen molar-refractivity contribution in [3.63, 3.8) is 0 Å². The molecular formula is C30H22N4O3. The van der Waals surface area contributed by atoms with Crippen molar-refractivity contribution in [3.05, 3.63) is 114 Å². The molecule has 2 N–H and O–H groups in total. The van der Waals surface area contributed by atoms with E-state index in [1.807, 2.05) is 91.0 Å². The third-order valence-electron chi connectivity index (χ3n) is 6.00. The number of H-pyrrole nitrogens is 1. The summed E-state index contributed by atoms with van der Waals surface area (Å²) in [5, 5.41) is 3.70. The van der Waals surface area contributed by atoms with Gasteiger partial charge < -0.3 is 19.5 Å². The van der Waals surface area contributed by atoms with E-state index in [0.717, 1.165) is 27.8 Å². The van der Waals surface area contributed by atoms with E-state index in [4.69, 9.17) is 9.15 Å². The van der Waals surface area contributed by atoms with Crippen LogP contribution in [-0.4, -0.2) is 23.0 Å². The number of imidazole rings is 1. The van der Waals surface area contributed by atoms with Crippen LogP contribution in [0.4, 0.5) is 11.4 Å². The summed E-state index contributed by atoms with van der Waals surface area (Å²) < 4.78 is 11.6. The zero-order valence-electron chi connectivity index (χ0n) is 19.9. The number of amides is 1. The minimum atomic E-state index is -0.334. The first-order chi connectivity index (χ1) is 18.2. The molecule has 37 heavy (non-hydrogen) atoms. The summed E-state index contributed by atoms with van der Waals surface area (Å²) in [4.78, 5) is 26.0. The number of hydrogen-bond acceptors (Lipinski definition) is 5. The number of benzene rings is 4. The minimum Gasteiger partial charge on any atom is -0.493 e. The predicted molar refractivity (Wildman–Crippen MR) is 144 cm³/mol. The lowest BCUT2D eigenvalue weighted by Crippen LogP contribution is -2.21. The third-order valence-corrected chi connectivity index (χ3v) is 6.00. The lowest BCUT2D eigenvalue weighted by atomic mass is 10.1. The van der Waals surface area contributed by atoms with Gasteiger partial charge in [-0.1, -0.05) is 42.5 Å². The summed E-state index contributed by atoms with van der Waals surface area (Å²) in [6.45, 7) is 0. The number of para-hydroxylation sites is 4. The summed E-state index contributed by atoms with van der Waals surface area (Å²) in [5.74, 6) is 1.00. The lowest BCUT2D eigenvalue weighted by Gasteiger charge is -2.09. The Bertz CT molecular complexity index is 1770. The van der Waals surface area contributed by atoms with Crippen molar-refractivity contribution in [2.75, 3.05) is 12.4 Å². The molecule has 0 atom stereocenters. The van der Waals surface area contributed by atoms with Crippen LogP contribution in [0.15, 0.2) is 113 Å². The largest absolute Gasteiger partial charge is 0.493 e. The van der Waals surface area contributed by atoms with Crippen LogP contribution in [-0.2, 0) is 0 Å². The van der Waals surface area contributed by atoms with Gasteiger partial charge in [0, 0.05) is 16.6 Å². The van der Waals surface area contributed by atoms with Crippen molar-refractivity contribution in [3.8, 4) is 17.1 Å². The van der Waals surface area contributed by atoms with Crippen LogP contribution in [0.5, 0.6) is 5.75 Å². The molecule has 2 heterocycles. The highest BCUT2D eigenvalue weighted by Gasteiger charge is 2.15. The van der Waals surface area contributed by atoms with Crippen molar-refractivity contribution < 1.29 is 13.9 Å². The molecule has 0 fully saturated rings. The monoisotopic (exact) mass is 486 g/mol. The topological polar surface area (TPSA) is 92.5 Å². The van der Waals surface area contributed by atoms with E-state index in [1.54, 1.807) is 19.2 Å². The quantitative estimate of drug-likeness (QED) is 0.292. The van der Waals surface area contributed by atoms with Crippen LogP contribution < -0.4 is 15.6 Å². The summed E-state index contributed by atoms with van der Waals surface area (Å²) in [5.41, 5.74) is 5.13. The first-order valence-electron chi connectivity index (χ1n) is 11.7. The van der Waals surface area contributed by atoms with Crippen LogP contribution >= 0.6 is 0 Å². The lowest BCUT2D eigenvalue weighted by molar-refractivity contribution is 0.102. The van der Waals surface area contributed by atoms with Crippen LogP contribution in [0.3, 0.4) is 0 Å². The number of aromatic amines is 1. The molecule has 180 valence electrons. The van der Waals surface area contributed by atoms with Gasteiger partial charge in [-0.2, -0.15) is 0 Å². The van der Waals surface area contributed by atoms with Crippen LogP contribution in [0.1, 0.15) is 10.4 Å². The number of aromatic nitrogens is 2. The Morgan fingerprint density at radius 1 is 0.919 bits per heavy atom. The Hall–Kier alpha value is -5.17. The number of nitrogens with zero attached hydrogens (tertiary/aromatic N) is 2. The molecule has 0 saturated carbocycles. The average molecular weight is 487 g/mol. The van der Waals surface area contributed by atoms with E-state index in [1.165, 1.54) is 0 Å². The predicted octanol–water partition coefficient (Wildman–Crippen LogP) is 6.47. The van der Waals surface area contributed by atoms with E-state index in [-0.39, 0.29) is 11.5 Å². The van der Waals surface area contributed by atoms with Crippen molar-refractivity contribution in [1.29, 1.82) is 0 Å². The molecule has 1 amide bonds. The Balaban J connectivity index is 1.35. The molecule has 6 rings (SSSR count). The van der Waals surface area contributed by atoms with Gasteiger partial charge in [-0.15, -0.1) is 0 Å². The number of fused-ring (bicyclic) bond motifs is 2. The molecule has 6 aromatic rings. The minimum absolute atomic E-state index is 0.194. The first-order valence-corrected chi connectivity index (χ1v) is 11.7. The number of carbonyl (C=O) groups excluding carboxylic acids is 1. The summed E-state index contributed by atoms with van der Waals surface area (Å²) in [7, 11) is 1.58. The van der Waals surface area contributed by atoms with Gasteiger partial charge in [-0.05, 0) is 60.7 Å². The van der Waals surface area contributed by atoms with Crippen molar-refractivity contribution in [2.24, 2.45) is 4.99 Å². The van der Waals surface area contributed by atoms with Gasteiger partial charge in [0.15, 0.2) is 11.3 Å². The van der Waals surface area contributed by atoms with Crippen LogP contribution in [0, 0.1) is 0 Å². The molecule has 0 radical (unpaired) electrons. The Kier molecular flexibility index (Phi) is 5.71. The average Bonchev–Trinajstić information content (AvgIpc) is 3.38. The van der Waals surface area contributed by atoms with Gasteiger partial charge in [0.1, 0.15) is 11.4 Å². The first kappa shape index (κ1) is 22.3. The molecular weight excluding hydrogens is 464 g/mol. The molecule has 2 aromatic heterocycles. The normalized spacial score (nSPS) is 11.6. The van der Waals surface area contributed by atoms with E-state index in [9.17, 15) is 4.79 Å². The number of nitrogens with one attached hydrogen (secondary N) is 2. The molecule has 0 aliphatic carbocycles. The van der Waals surface area contributed by atoms with Gasteiger partial charge in [0.25, 0.3) is 5.91 Å². The van der Waals surface area contributed by atoms with E-state index in [0.29, 0.717) is 28.3 Å². The van der Waals surface area contributed by atoms with E-state index in [2.05, 4.69) is 20.3 Å². The van der Waals surface area contributed by atoms with E-state index >= 15 is 0 Å². The number of rotatable bonds is 5. The Morgan fingerprint density at radius 2 is 1.70 bits per heavy atom. The fraction of sp³-hybridized carbons (Fsp3) is 0.0333. The van der Waals surface area contributed by atoms with E-state index < -0.39 is 0 Å². The summed E-state index contributed by atoms with van der Waals surface area (Å²) >= 11 is 0. The Morgan fingerprint density at radius 3 is 2.49 bits per heavy atom. The van der Waals surface area contributed by atoms with Crippen molar-refractivity contribution in [1.82, 2.24) is 9.97 Å². The maximum absolute atomic E-state index is 13.4. The maximum atomic E-state index is 13.4. The van der Waals surface area contributed by atoms with Gasteiger partial charge in [-0.25, -0.2) is 9.98 Å². The van der Waals surface area contributed by atoms with Gasteiger partial charge >= 0.3 is 0 Å². The highest BCUT2D eigenvalue weighted by molar-refractivity contribution is 6.05. The highest BCUT2D eigenvalue weighted by Crippen LogP contribution is 2.26. The zero-order valence-corrected chi connectivity index (χ0v) is 19.9. The second-order valence-corrected chi connectivity index (χ2v) is 8.43. The number of carbonyl (C=O) groups is 1. The number of anilines is 1. The Labute approximate surface area is 212 Å². The molecule has 4 aromatic carbocycles. The highest BCUT2D eigenvalue weighted by atomic mass is 16.5. The second-order valence-electron chi connectivity index (χ2n) is 8.43. The molecule has 0 aliphatic rings. The molecule has 0 bridgehead atoms. The van der Waals surface area contributed by atoms with Gasteiger partial charge in [0.2, 0.25) is 5.55 Å². The van der Waals surface area contributed by atoms with Gasteiger partial charge in [-0.3, -0.25) is 4.79 Å². The molecule has 7 nitrogen and oxygen atoms in total. The second kappa shape index (κ2) is 9.47. The number of methoxy groups -OCH3 is 1. The summed E-state index contributed by atoms with van der Waals surface area (Å²) in [6.07, 6.45) is 0. The fourth-order valence-electron chi connectivity index (χ4n) is 4.15.